The second-order valence-electron chi connectivity index (χ2n) is 6.89. The van der Waals surface area contributed by atoms with Crippen LogP contribution in [0, 0.1) is 5.82 Å². The maximum absolute atomic E-state index is 14.0. The number of carbonyl (C=O) groups excluding carboxylic acids is 1. The van der Waals surface area contributed by atoms with Gasteiger partial charge < -0.3 is 10.2 Å². The molecule has 1 aliphatic heterocycles. The van der Waals surface area contributed by atoms with E-state index in [0.717, 1.165) is 35.7 Å². The number of nitrogens with zero attached hydrogens (tertiary/aromatic N) is 6. The van der Waals surface area contributed by atoms with E-state index in [1.54, 1.807) is 6.07 Å². The highest BCUT2D eigenvalue weighted by molar-refractivity contribution is 9.10. The summed E-state index contributed by atoms with van der Waals surface area (Å²) in [7, 11) is 0. The molecule has 0 atom stereocenters. The van der Waals surface area contributed by atoms with E-state index in [1.165, 1.54) is 34.2 Å². The first-order valence-electron chi connectivity index (χ1n) is 9.24. The Balaban J connectivity index is 1.45. The first kappa shape index (κ1) is 19.1. The smallest absolute Gasteiger partial charge is 0.348 e. The van der Waals surface area contributed by atoms with Gasteiger partial charge in [-0.05, 0) is 31.0 Å². The lowest BCUT2D eigenvalue weighted by atomic mass is 10.3. The van der Waals surface area contributed by atoms with Gasteiger partial charge in [0.25, 0.3) is 0 Å². The largest absolute Gasteiger partial charge is 0.352 e. The molecule has 5 rings (SSSR count). The van der Waals surface area contributed by atoms with E-state index in [4.69, 9.17) is 0 Å². The average molecular weight is 492 g/mol. The third-order valence-corrected chi connectivity index (χ3v) is 6.44. The van der Waals surface area contributed by atoms with Crippen molar-refractivity contribution in [2.24, 2.45) is 0 Å². The van der Waals surface area contributed by atoms with Gasteiger partial charge >= 0.3 is 5.69 Å². The minimum absolute atomic E-state index is 0.0294. The molecule has 4 aromatic rings. The van der Waals surface area contributed by atoms with E-state index in [0.29, 0.717) is 20.5 Å². The molecule has 0 aliphatic carbocycles. The van der Waals surface area contributed by atoms with Gasteiger partial charge in [-0.25, -0.2) is 23.3 Å². The number of aromatic nitrogens is 5. The SMILES string of the molecule is O=C(Cn1nc2c3sc(N4CCCC4)nc3ncn2c1=O)Nc1ccc(Br)cc1F. The Kier molecular flexibility index (Phi) is 4.74. The van der Waals surface area contributed by atoms with Crippen molar-refractivity contribution in [1.29, 1.82) is 0 Å². The number of hydrogen-bond acceptors (Lipinski definition) is 7. The topological polar surface area (TPSA) is 97.4 Å². The van der Waals surface area contributed by atoms with Crippen LogP contribution in [0.1, 0.15) is 12.8 Å². The van der Waals surface area contributed by atoms with Crippen molar-refractivity contribution in [2.75, 3.05) is 23.3 Å². The summed E-state index contributed by atoms with van der Waals surface area (Å²) >= 11 is 4.60. The van der Waals surface area contributed by atoms with Gasteiger partial charge in [0.15, 0.2) is 16.4 Å². The van der Waals surface area contributed by atoms with E-state index in [9.17, 15) is 14.0 Å². The van der Waals surface area contributed by atoms with Gasteiger partial charge in [-0.2, -0.15) is 4.98 Å². The molecule has 4 heterocycles. The summed E-state index contributed by atoms with van der Waals surface area (Å²) in [4.78, 5) is 36.1. The molecule has 0 saturated carbocycles. The van der Waals surface area contributed by atoms with Crippen LogP contribution >= 0.6 is 27.3 Å². The maximum atomic E-state index is 14.0. The van der Waals surface area contributed by atoms with Gasteiger partial charge in [-0.1, -0.05) is 27.3 Å². The molecule has 1 saturated heterocycles. The zero-order valence-corrected chi connectivity index (χ0v) is 17.9. The first-order chi connectivity index (χ1) is 14.5. The van der Waals surface area contributed by atoms with Crippen molar-refractivity contribution in [1.82, 2.24) is 24.1 Å². The Bertz CT molecular complexity index is 1340. The summed E-state index contributed by atoms with van der Waals surface area (Å²) in [6.45, 7) is 1.55. The summed E-state index contributed by atoms with van der Waals surface area (Å²) in [6, 6.07) is 4.30. The van der Waals surface area contributed by atoms with Crippen LogP contribution in [0.5, 0.6) is 0 Å². The highest BCUT2D eigenvalue weighted by Crippen LogP contribution is 2.31. The van der Waals surface area contributed by atoms with Crippen molar-refractivity contribution in [3.8, 4) is 0 Å². The minimum Gasteiger partial charge on any atom is -0.348 e. The lowest BCUT2D eigenvalue weighted by molar-refractivity contribution is -0.117. The molecule has 0 radical (unpaired) electrons. The fourth-order valence-corrected chi connectivity index (χ4v) is 4.77. The number of carbonyl (C=O) groups is 1. The summed E-state index contributed by atoms with van der Waals surface area (Å²) in [5.74, 6) is -1.14. The van der Waals surface area contributed by atoms with Crippen LogP contribution in [0.25, 0.3) is 16.0 Å². The Hall–Kier alpha value is -2.86. The first-order valence-corrected chi connectivity index (χ1v) is 10.8. The Morgan fingerprint density at radius 3 is 2.87 bits per heavy atom. The summed E-state index contributed by atoms with van der Waals surface area (Å²) < 4.78 is 17.5. The Morgan fingerprint density at radius 1 is 1.30 bits per heavy atom. The van der Waals surface area contributed by atoms with Crippen molar-refractivity contribution < 1.29 is 9.18 Å². The van der Waals surface area contributed by atoms with Gasteiger partial charge in [0.1, 0.15) is 23.4 Å². The van der Waals surface area contributed by atoms with Crippen molar-refractivity contribution in [3.05, 3.63) is 45.3 Å². The van der Waals surface area contributed by atoms with Gasteiger partial charge in [0.05, 0.1) is 5.69 Å². The number of anilines is 2. The van der Waals surface area contributed by atoms with Crippen LogP contribution in [-0.2, 0) is 11.3 Å². The van der Waals surface area contributed by atoms with Gasteiger partial charge in [0.2, 0.25) is 5.91 Å². The molecule has 3 aromatic heterocycles. The second-order valence-corrected chi connectivity index (χ2v) is 8.79. The van der Waals surface area contributed by atoms with Crippen LogP contribution in [0.2, 0.25) is 0 Å². The van der Waals surface area contributed by atoms with Crippen LogP contribution in [-0.4, -0.2) is 43.1 Å². The van der Waals surface area contributed by atoms with Gasteiger partial charge in [-0.15, -0.1) is 5.10 Å². The average Bonchev–Trinajstić information content (AvgIpc) is 3.43. The molecule has 0 unspecified atom stereocenters. The zero-order chi connectivity index (χ0) is 20.8. The van der Waals surface area contributed by atoms with Crippen molar-refractivity contribution in [2.45, 2.75) is 19.4 Å². The van der Waals surface area contributed by atoms with Gasteiger partial charge in [0, 0.05) is 17.6 Å². The number of thiazole rings is 1. The predicted molar refractivity (Wildman–Crippen MR) is 115 cm³/mol. The van der Waals surface area contributed by atoms with Crippen LogP contribution in [0.3, 0.4) is 0 Å². The number of nitrogens with one attached hydrogen (secondary N) is 1. The van der Waals surface area contributed by atoms with Crippen LogP contribution in [0.15, 0.2) is 33.8 Å². The van der Waals surface area contributed by atoms with Gasteiger partial charge in [-0.3, -0.25) is 4.79 Å². The summed E-state index contributed by atoms with van der Waals surface area (Å²) in [5.41, 5.74) is 0.451. The normalized spacial score (nSPS) is 14.1. The number of amides is 1. The summed E-state index contributed by atoms with van der Waals surface area (Å²) in [6.07, 6.45) is 3.62. The predicted octanol–water partition coefficient (Wildman–Crippen LogP) is 2.64. The second kappa shape index (κ2) is 7.43. The van der Waals surface area contributed by atoms with E-state index < -0.39 is 17.4 Å². The van der Waals surface area contributed by atoms with Crippen LogP contribution in [0.4, 0.5) is 15.2 Å². The molecule has 1 N–H and O–H groups in total. The lowest BCUT2D eigenvalue weighted by Crippen LogP contribution is -2.28. The number of halogens is 2. The lowest BCUT2D eigenvalue weighted by Gasteiger charge is -2.11. The van der Waals surface area contributed by atoms with Crippen LogP contribution < -0.4 is 15.9 Å². The number of fused-ring (bicyclic) bond motifs is 3. The number of hydrogen-bond donors (Lipinski definition) is 1. The molecule has 154 valence electrons. The quantitative estimate of drug-likeness (QED) is 0.471. The van der Waals surface area contributed by atoms with E-state index in [2.05, 4.69) is 41.2 Å². The molecule has 0 spiro atoms. The fraction of sp³-hybridized carbons (Fsp3) is 0.278. The molecule has 30 heavy (non-hydrogen) atoms. The van der Waals surface area contributed by atoms with Crippen molar-refractivity contribution >= 4 is 60.0 Å². The third kappa shape index (κ3) is 3.35. The molecular weight excluding hydrogens is 477 g/mol. The van der Waals surface area contributed by atoms with E-state index in [-0.39, 0.29) is 12.2 Å². The van der Waals surface area contributed by atoms with Crippen molar-refractivity contribution in [3.63, 3.8) is 0 Å². The molecule has 0 bridgehead atoms. The minimum atomic E-state index is -0.579. The van der Waals surface area contributed by atoms with E-state index in [1.807, 2.05) is 0 Å². The molecule has 12 heteroatoms. The molecular formula is C18H15BrFN7O2S. The standard InChI is InChI=1S/C18H15BrFN7O2S/c19-10-3-4-12(11(20)7-10)22-13(28)8-27-18(29)26-9-21-15-14(16(26)24-27)30-17(23-15)25-5-1-2-6-25/h3-4,7,9H,1-2,5-6,8H2,(H,22,28). The third-order valence-electron chi connectivity index (χ3n) is 4.84. The number of benzene rings is 1. The van der Waals surface area contributed by atoms with E-state index >= 15 is 0 Å². The number of rotatable bonds is 4. The highest BCUT2D eigenvalue weighted by atomic mass is 79.9. The zero-order valence-electron chi connectivity index (χ0n) is 15.5. The summed E-state index contributed by atoms with van der Waals surface area (Å²) in [5, 5.41) is 7.63. The Morgan fingerprint density at radius 2 is 2.10 bits per heavy atom. The fourth-order valence-electron chi connectivity index (χ4n) is 3.39. The molecule has 1 aliphatic rings. The molecule has 1 aromatic carbocycles. The Labute approximate surface area is 181 Å². The molecule has 1 fully saturated rings. The maximum Gasteiger partial charge on any atom is 0.352 e. The highest BCUT2D eigenvalue weighted by Gasteiger charge is 2.20. The molecule has 9 nitrogen and oxygen atoms in total. The molecule has 1 amide bonds. The monoisotopic (exact) mass is 491 g/mol.